The zero-order valence-corrected chi connectivity index (χ0v) is 15.2. The lowest BCUT2D eigenvalue weighted by Crippen LogP contribution is -2.31. The lowest BCUT2D eigenvalue weighted by molar-refractivity contribution is -0.671. The van der Waals surface area contributed by atoms with E-state index in [0.29, 0.717) is 22.6 Å². The molecule has 0 saturated carbocycles. The van der Waals surface area contributed by atoms with Crippen LogP contribution >= 0.6 is 0 Å². The molecule has 0 aromatic carbocycles. The summed E-state index contributed by atoms with van der Waals surface area (Å²) < 4.78 is 3.55. The van der Waals surface area contributed by atoms with Gasteiger partial charge in [-0.3, -0.25) is 9.59 Å². The Balaban J connectivity index is 1.98. The molecule has 0 aliphatic carbocycles. The normalized spacial score (nSPS) is 11.8. The third-order valence-corrected chi connectivity index (χ3v) is 3.58. The number of carbonyl (C=O) groups is 2. The first-order valence-electron chi connectivity index (χ1n) is 7.97. The molecule has 2 amide bonds. The summed E-state index contributed by atoms with van der Waals surface area (Å²) in [5, 5.41) is 8.03. The number of nitrogens with zero attached hydrogens (tertiary/aromatic N) is 4. The molecule has 2 N–H and O–H groups in total. The van der Waals surface area contributed by atoms with Crippen LogP contribution in [0, 0.1) is 0 Å². The SMILES string of the molecule is CC(=N\NC(=O)c1ccc[n+](C)c1)/C(C)=N/NC(=O)c1ccc[n+](C)c1. The van der Waals surface area contributed by atoms with Gasteiger partial charge < -0.3 is 0 Å². The quantitative estimate of drug-likeness (QED) is 0.458. The smallest absolute Gasteiger partial charge is 0.267 e. The second-order valence-corrected chi connectivity index (χ2v) is 5.79. The van der Waals surface area contributed by atoms with Crippen molar-refractivity contribution >= 4 is 23.2 Å². The molecule has 8 heteroatoms. The van der Waals surface area contributed by atoms with Crippen LogP contribution in [0.4, 0.5) is 0 Å². The molecule has 0 saturated heterocycles. The number of rotatable bonds is 5. The fourth-order valence-electron chi connectivity index (χ4n) is 2.00. The van der Waals surface area contributed by atoms with Gasteiger partial charge in [-0.15, -0.1) is 0 Å². The lowest BCUT2D eigenvalue weighted by atomic mass is 10.2. The topological polar surface area (TPSA) is 90.7 Å². The van der Waals surface area contributed by atoms with E-state index in [9.17, 15) is 9.59 Å². The van der Waals surface area contributed by atoms with E-state index in [0.717, 1.165) is 0 Å². The Bertz CT molecular complexity index is 815. The molecular weight excluding hydrogens is 332 g/mol. The van der Waals surface area contributed by atoms with Crippen LogP contribution in [-0.2, 0) is 14.1 Å². The maximum absolute atomic E-state index is 12.1. The molecular formula is C18H22N6O2+2. The third kappa shape index (κ3) is 5.30. The van der Waals surface area contributed by atoms with Crippen molar-refractivity contribution in [1.82, 2.24) is 10.9 Å². The van der Waals surface area contributed by atoms with Gasteiger partial charge in [-0.1, -0.05) is 0 Å². The third-order valence-electron chi connectivity index (χ3n) is 3.58. The Morgan fingerprint density at radius 2 is 1.19 bits per heavy atom. The van der Waals surface area contributed by atoms with Crippen molar-refractivity contribution in [3.63, 3.8) is 0 Å². The Morgan fingerprint density at radius 3 is 1.54 bits per heavy atom. The second-order valence-electron chi connectivity index (χ2n) is 5.79. The highest BCUT2D eigenvalue weighted by atomic mass is 16.2. The highest BCUT2D eigenvalue weighted by molar-refractivity contribution is 6.40. The molecule has 2 aromatic rings. The first-order valence-corrected chi connectivity index (χ1v) is 7.97. The molecule has 0 radical (unpaired) electrons. The number of aromatic nitrogens is 2. The van der Waals surface area contributed by atoms with Gasteiger partial charge in [0, 0.05) is 12.1 Å². The molecule has 134 valence electrons. The van der Waals surface area contributed by atoms with Gasteiger partial charge in [0.2, 0.25) is 0 Å². The predicted octanol–water partition coefficient (Wildman–Crippen LogP) is 0.247. The first kappa shape index (κ1) is 18.9. The maximum atomic E-state index is 12.1. The van der Waals surface area contributed by atoms with Gasteiger partial charge >= 0.3 is 0 Å². The molecule has 0 bridgehead atoms. The fourth-order valence-corrected chi connectivity index (χ4v) is 2.00. The molecule has 8 nitrogen and oxygen atoms in total. The average Bonchev–Trinajstić information content (AvgIpc) is 2.63. The van der Waals surface area contributed by atoms with Crippen LogP contribution in [0.2, 0.25) is 0 Å². The molecule has 26 heavy (non-hydrogen) atoms. The molecule has 0 fully saturated rings. The van der Waals surface area contributed by atoms with Crippen LogP contribution < -0.4 is 20.0 Å². The molecule has 0 unspecified atom stereocenters. The highest BCUT2D eigenvalue weighted by Crippen LogP contribution is 1.95. The number of pyridine rings is 2. The molecule has 2 rings (SSSR count). The predicted molar refractivity (Wildman–Crippen MR) is 96.4 cm³/mol. The number of nitrogens with one attached hydrogen (secondary N) is 2. The van der Waals surface area contributed by atoms with Crippen LogP contribution in [-0.4, -0.2) is 23.2 Å². The van der Waals surface area contributed by atoms with Gasteiger partial charge in [-0.25, -0.2) is 20.0 Å². The lowest BCUT2D eigenvalue weighted by Gasteiger charge is -2.03. The average molecular weight is 354 g/mol. The number of hydrazone groups is 2. The monoisotopic (exact) mass is 354 g/mol. The van der Waals surface area contributed by atoms with Crippen molar-refractivity contribution in [3.8, 4) is 0 Å². The fraction of sp³-hybridized carbons (Fsp3) is 0.222. The maximum Gasteiger partial charge on any atom is 0.277 e. The summed E-state index contributed by atoms with van der Waals surface area (Å²) >= 11 is 0. The Hall–Kier alpha value is -3.42. The van der Waals surface area contributed by atoms with Crippen molar-refractivity contribution in [2.24, 2.45) is 24.3 Å². The minimum Gasteiger partial charge on any atom is -0.267 e. The summed E-state index contributed by atoms with van der Waals surface area (Å²) in [5.74, 6) is -0.650. The zero-order chi connectivity index (χ0) is 19.1. The molecule has 2 heterocycles. The van der Waals surface area contributed by atoms with Crippen molar-refractivity contribution in [1.29, 1.82) is 0 Å². The van der Waals surface area contributed by atoms with Gasteiger partial charge in [0.05, 0.1) is 11.4 Å². The highest BCUT2D eigenvalue weighted by Gasteiger charge is 2.10. The largest absolute Gasteiger partial charge is 0.277 e. The van der Waals surface area contributed by atoms with Gasteiger partial charge in [0.15, 0.2) is 24.8 Å². The van der Waals surface area contributed by atoms with E-state index in [2.05, 4.69) is 21.1 Å². The number of hydrogen-bond acceptors (Lipinski definition) is 4. The van der Waals surface area contributed by atoms with Crippen molar-refractivity contribution in [2.45, 2.75) is 13.8 Å². The Morgan fingerprint density at radius 1 is 0.808 bits per heavy atom. The molecule has 0 atom stereocenters. The number of carbonyl (C=O) groups excluding carboxylic acids is 2. The van der Waals surface area contributed by atoms with E-state index < -0.39 is 0 Å². The minimum atomic E-state index is -0.325. The van der Waals surface area contributed by atoms with Crippen LogP contribution in [0.3, 0.4) is 0 Å². The van der Waals surface area contributed by atoms with Gasteiger partial charge in [-0.05, 0) is 26.0 Å². The number of amides is 2. The van der Waals surface area contributed by atoms with Crippen LogP contribution in [0.25, 0.3) is 0 Å². The summed E-state index contributed by atoms with van der Waals surface area (Å²) in [6, 6.07) is 6.94. The zero-order valence-electron chi connectivity index (χ0n) is 15.2. The van der Waals surface area contributed by atoms with E-state index in [1.165, 1.54) is 0 Å². The van der Waals surface area contributed by atoms with Crippen molar-refractivity contribution < 1.29 is 18.7 Å². The molecule has 0 spiro atoms. The van der Waals surface area contributed by atoms with Gasteiger partial charge in [-0.2, -0.15) is 10.2 Å². The molecule has 0 aliphatic rings. The van der Waals surface area contributed by atoms with E-state index in [1.807, 2.05) is 26.5 Å². The first-order chi connectivity index (χ1) is 12.4. The summed E-state index contributed by atoms with van der Waals surface area (Å²) in [6.45, 7) is 3.39. The Labute approximate surface area is 151 Å². The number of aryl methyl sites for hydroxylation is 2. The van der Waals surface area contributed by atoms with E-state index in [1.54, 1.807) is 59.6 Å². The number of hydrogen-bond donors (Lipinski definition) is 2. The van der Waals surface area contributed by atoms with Crippen LogP contribution in [0.5, 0.6) is 0 Å². The van der Waals surface area contributed by atoms with E-state index >= 15 is 0 Å². The van der Waals surface area contributed by atoms with Gasteiger partial charge in [0.1, 0.15) is 25.2 Å². The summed E-state index contributed by atoms with van der Waals surface area (Å²) in [5.41, 5.74) is 6.90. The second kappa shape index (κ2) is 8.61. The summed E-state index contributed by atoms with van der Waals surface area (Å²) in [7, 11) is 3.66. The summed E-state index contributed by atoms with van der Waals surface area (Å²) in [4.78, 5) is 24.1. The van der Waals surface area contributed by atoms with Crippen LogP contribution in [0.1, 0.15) is 34.6 Å². The minimum absolute atomic E-state index is 0.325. The van der Waals surface area contributed by atoms with E-state index in [4.69, 9.17) is 0 Å². The standard InChI is InChI=1S/C18H20N6O2/c1-13(19-21-17(25)15-7-5-9-23(3)11-15)14(2)20-22-18(26)16-8-6-10-24(4)12-16/h5-12H,1-4H3/p+2. The van der Waals surface area contributed by atoms with Crippen LogP contribution in [0.15, 0.2) is 59.3 Å². The van der Waals surface area contributed by atoms with Crippen molar-refractivity contribution in [3.05, 3.63) is 60.2 Å². The summed E-state index contributed by atoms with van der Waals surface area (Å²) in [6.07, 6.45) is 7.05. The van der Waals surface area contributed by atoms with Gasteiger partial charge in [0.25, 0.3) is 11.8 Å². The van der Waals surface area contributed by atoms with E-state index in [-0.39, 0.29) is 11.8 Å². The Kier molecular flexibility index (Phi) is 6.26. The molecule has 0 aliphatic heterocycles. The molecule has 2 aromatic heterocycles. The van der Waals surface area contributed by atoms with Crippen molar-refractivity contribution in [2.75, 3.05) is 0 Å².